The number of pyridine rings is 1. The first-order valence-corrected chi connectivity index (χ1v) is 10.7. The fourth-order valence-corrected chi connectivity index (χ4v) is 4.53. The van der Waals surface area contributed by atoms with Crippen LogP contribution in [0.2, 0.25) is 5.02 Å². The van der Waals surface area contributed by atoms with Gasteiger partial charge in [-0.15, -0.1) is 0 Å². The Hall–Kier alpha value is -2.24. The second-order valence-electron chi connectivity index (χ2n) is 8.02. The fraction of sp³-hybridized carbons (Fsp3) is 0.435. The highest BCUT2D eigenvalue weighted by Crippen LogP contribution is 2.32. The molecule has 1 atom stereocenters. The largest absolute Gasteiger partial charge is 0.286 e. The first kappa shape index (κ1) is 20.0. The van der Waals surface area contributed by atoms with Gasteiger partial charge in [-0.25, -0.2) is 0 Å². The first-order valence-electron chi connectivity index (χ1n) is 10.3. The number of carbonyl (C=O) groups is 2. The summed E-state index contributed by atoms with van der Waals surface area (Å²) < 4.78 is 0. The minimum atomic E-state index is -0.0755. The van der Waals surface area contributed by atoms with E-state index in [1.807, 2.05) is 31.2 Å². The van der Waals surface area contributed by atoms with Crippen molar-refractivity contribution in [3.05, 3.63) is 63.9 Å². The van der Waals surface area contributed by atoms with Crippen LogP contribution in [-0.4, -0.2) is 46.2 Å². The summed E-state index contributed by atoms with van der Waals surface area (Å²) in [5.74, 6) is -0.113. The third-order valence-electron chi connectivity index (χ3n) is 5.77. The van der Waals surface area contributed by atoms with E-state index in [-0.39, 0.29) is 17.9 Å². The van der Waals surface area contributed by atoms with Gasteiger partial charge in [0.1, 0.15) is 0 Å². The molecule has 5 nitrogen and oxygen atoms in total. The predicted octanol–water partition coefficient (Wildman–Crippen LogP) is 3.92. The molecule has 2 aromatic rings. The van der Waals surface area contributed by atoms with Gasteiger partial charge in [0.25, 0.3) is 0 Å². The van der Waals surface area contributed by atoms with Crippen LogP contribution in [0.5, 0.6) is 0 Å². The van der Waals surface area contributed by atoms with Crippen molar-refractivity contribution in [2.45, 2.75) is 45.1 Å². The summed E-state index contributed by atoms with van der Waals surface area (Å²) in [5, 5.41) is 0.739. The molecule has 0 saturated carbocycles. The molecule has 1 aromatic heterocycles. The van der Waals surface area contributed by atoms with Gasteiger partial charge in [0.15, 0.2) is 0 Å². The lowest BCUT2D eigenvalue weighted by Crippen LogP contribution is -2.40. The zero-order valence-electron chi connectivity index (χ0n) is 16.7. The van der Waals surface area contributed by atoms with Gasteiger partial charge in [0.2, 0.25) is 11.8 Å². The van der Waals surface area contributed by atoms with E-state index in [0.717, 1.165) is 48.6 Å². The van der Waals surface area contributed by atoms with Gasteiger partial charge in [-0.1, -0.05) is 23.7 Å². The highest BCUT2D eigenvalue weighted by molar-refractivity contribution is 6.30. The standard InChI is InChI=1S/C23H26ClN3O2/c1-16-12-18(13-17-6-8-19(24)9-7-17)14-20(25-16)21-4-2-10-26(21)15-23(29)27-11-3-5-22(27)28/h6-9,12,14,21H,2-5,10-11,13,15H2,1H3/t21-/m0/s1. The van der Waals surface area contributed by atoms with Crippen LogP contribution in [0.25, 0.3) is 0 Å². The van der Waals surface area contributed by atoms with Crippen molar-refractivity contribution >= 4 is 23.4 Å². The average Bonchev–Trinajstić information content (AvgIpc) is 3.32. The van der Waals surface area contributed by atoms with E-state index in [0.29, 0.717) is 19.5 Å². The number of halogens is 1. The molecule has 0 N–H and O–H groups in total. The lowest BCUT2D eigenvalue weighted by atomic mass is 10.0. The molecule has 2 aliphatic heterocycles. The Balaban J connectivity index is 1.50. The molecule has 3 heterocycles. The van der Waals surface area contributed by atoms with E-state index < -0.39 is 0 Å². The average molecular weight is 412 g/mol. The Morgan fingerprint density at radius 1 is 1.14 bits per heavy atom. The number of hydrogen-bond donors (Lipinski definition) is 0. The summed E-state index contributed by atoms with van der Waals surface area (Å²) in [6.07, 6.45) is 4.11. The minimum absolute atomic E-state index is 0.0373. The molecule has 2 amide bonds. The van der Waals surface area contributed by atoms with Crippen molar-refractivity contribution in [3.8, 4) is 0 Å². The monoisotopic (exact) mass is 411 g/mol. The van der Waals surface area contributed by atoms with E-state index >= 15 is 0 Å². The van der Waals surface area contributed by atoms with Gasteiger partial charge in [-0.2, -0.15) is 0 Å². The smallest absolute Gasteiger partial charge is 0.243 e. The van der Waals surface area contributed by atoms with Crippen molar-refractivity contribution < 1.29 is 9.59 Å². The van der Waals surface area contributed by atoms with Crippen LogP contribution in [0.4, 0.5) is 0 Å². The summed E-state index contributed by atoms with van der Waals surface area (Å²) in [5.41, 5.74) is 4.42. The summed E-state index contributed by atoms with van der Waals surface area (Å²) in [6.45, 7) is 3.73. The number of imide groups is 1. The van der Waals surface area contributed by atoms with Crippen LogP contribution in [0.1, 0.15) is 54.2 Å². The van der Waals surface area contributed by atoms with E-state index in [1.54, 1.807) is 0 Å². The topological polar surface area (TPSA) is 53.5 Å². The molecule has 0 bridgehead atoms. The predicted molar refractivity (Wildman–Crippen MR) is 113 cm³/mol. The molecule has 6 heteroatoms. The second-order valence-corrected chi connectivity index (χ2v) is 8.45. The number of amides is 2. The van der Waals surface area contributed by atoms with Crippen LogP contribution in [0, 0.1) is 6.92 Å². The molecule has 1 aromatic carbocycles. The maximum atomic E-state index is 12.6. The van der Waals surface area contributed by atoms with Crippen LogP contribution in [0.15, 0.2) is 36.4 Å². The fourth-order valence-electron chi connectivity index (χ4n) is 4.40. The highest BCUT2D eigenvalue weighted by atomic mass is 35.5. The van der Waals surface area contributed by atoms with Crippen molar-refractivity contribution in [2.24, 2.45) is 0 Å². The third-order valence-corrected chi connectivity index (χ3v) is 6.02. The molecule has 0 spiro atoms. The molecule has 2 fully saturated rings. The molecule has 152 valence electrons. The molecule has 29 heavy (non-hydrogen) atoms. The first-order chi connectivity index (χ1) is 14.0. The zero-order chi connectivity index (χ0) is 20.4. The molecular weight excluding hydrogens is 386 g/mol. The van der Waals surface area contributed by atoms with Gasteiger partial charge < -0.3 is 0 Å². The molecule has 0 aliphatic carbocycles. The van der Waals surface area contributed by atoms with Gasteiger partial charge in [-0.3, -0.25) is 24.4 Å². The van der Waals surface area contributed by atoms with Crippen LogP contribution < -0.4 is 0 Å². The van der Waals surface area contributed by atoms with Crippen molar-refractivity contribution in [3.63, 3.8) is 0 Å². The van der Waals surface area contributed by atoms with Crippen molar-refractivity contribution in [2.75, 3.05) is 19.6 Å². The summed E-state index contributed by atoms with van der Waals surface area (Å²) in [7, 11) is 0. The SMILES string of the molecule is Cc1cc(Cc2ccc(Cl)cc2)cc([C@@H]2CCCN2CC(=O)N2CCCC2=O)n1. The Morgan fingerprint density at radius 3 is 2.66 bits per heavy atom. The van der Waals surface area contributed by atoms with E-state index in [1.165, 1.54) is 16.0 Å². The molecule has 2 saturated heterocycles. The third kappa shape index (κ3) is 4.68. The van der Waals surface area contributed by atoms with Crippen molar-refractivity contribution in [1.82, 2.24) is 14.8 Å². The van der Waals surface area contributed by atoms with Crippen LogP contribution in [0.3, 0.4) is 0 Å². The van der Waals surface area contributed by atoms with Crippen LogP contribution in [-0.2, 0) is 16.0 Å². The van der Waals surface area contributed by atoms with Gasteiger partial charge in [0.05, 0.1) is 18.3 Å². The van der Waals surface area contributed by atoms with Gasteiger partial charge in [-0.05, 0) is 74.5 Å². The number of rotatable bonds is 5. The highest BCUT2D eigenvalue weighted by Gasteiger charge is 2.33. The van der Waals surface area contributed by atoms with Crippen molar-refractivity contribution in [1.29, 1.82) is 0 Å². The maximum absolute atomic E-state index is 12.6. The zero-order valence-corrected chi connectivity index (χ0v) is 17.5. The number of benzene rings is 1. The number of likely N-dealkylation sites (tertiary alicyclic amines) is 2. The molecule has 4 rings (SSSR count). The number of hydrogen-bond acceptors (Lipinski definition) is 4. The lowest BCUT2D eigenvalue weighted by Gasteiger charge is -2.26. The summed E-state index contributed by atoms with van der Waals surface area (Å²) in [4.78, 5) is 32.9. The minimum Gasteiger partial charge on any atom is -0.286 e. The number of nitrogens with zero attached hydrogens (tertiary/aromatic N) is 3. The van der Waals surface area contributed by atoms with E-state index in [2.05, 4.69) is 17.0 Å². The van der Waals surface area contributed by atoms with Gasteiger partial charge >= 0.3 is 0 Å². The second kappa shape index (κ2) is 8.64. The quantitative estimate of drug-likeness (QED) is 0.748. The maximum Gasteiger partial charge on any atom is 0.243 e. The van der Waals surface area contributed by atoms with Crippen LogP contribution >= 0.6 is 11.6 Å². The normalized spacial score (nSPS) is 19.9. The molecule has 0 radical (unpaired) electrons. The Labute approximate surface area is 176 Å². The number of carbonyl (C=O) groups excluding carboxylic acids is 2. The number of aryl methyl sites for hydroxylation is 1. The lowest BCUT2D eigenvalue weighted by molar-refractivity contribution is -0.142. The van der Waals surface area contributed by atoms with E-state index in [9.17, 15) is 9.59 Å². The number of aromatic nitrogens is 1. The Kier molecular flexibility index (Phi) is 5.97. The Bertz CT molecular complexity index is 913. The van der Waals surface area contributed by atoms with E-state index in [4.69, 9.17) is 16.6 Å². The van der Waals surface area contributed by atoms with Gasteiger partial charge in [0, 0.05) is 23.7 Å². The molecular formula is C23H26ClN3O2. The Morgan fingerprint density at radius 2 is 1.93 bits per heavy atom. The molecule has 0 unspecified atom stereocenters. The molecule has 2 aliphatic rings. The summed E-state index contributed by atoms with van der Waals surface area (Å²) >= 11 is 6.00. The summed E-state index contributed by atoms with van der Waals surface area (Å²) in [6, 6.07) is 12.3.